The lowest BCUT2D eigenvalue weighted by molar-refractivity contribution is 0.215. The van der Waals surface area contributed by atoms with E-state index < -0.39 is 6.43 Å². The van der Waals surface area contributed by atoms with E-state index >= 15 is 0 Å². The molecule has 22 heavy (non-hydrogen) atoms. The summed E-state index contributed by atoms with van der Waals surface area (Å²) in [6, 6.07) is 7.88. The first-order valence-corrected chi connectivity index (χ1v) is 8.58. The Balaban J connectivity index is 1.83. The Morgan fingerprint density at radius 1 is 1.05 bits per heavy atom. The number of halogens is 2. The topological polar surface area (TPSA) is 0 Å². The summed E-state index contributed by atoms with van der Waals surface area (Å²) in [6.45, 7) is 2.26. The van der Waals surface area contributed by atoms with E-state index in [4.69, 9.17) is 0 Å². The van der Waals surface area contributed by atoms with Crippen LogP contribution in [-0.4, -0.2) is 6.43 Å². The van der Waals surface area contributed by atoms with E-state index in [1.165, 1.54) is 56.9 Å². The van der Waals surface area contributed by atoms with Crippen LogP contribution in [0, 0.1) is 17.8 Å². The highest BCUT2D eigenvalue weighted by molar-refractivity contribution is 5.37. The van der Waals surface area contributed by atoms with Crippen LogP contribution in [0.2, 0.25) is 0 Å². The van der Waals surface area contributed by atoms with Crippen LogP contribution in [0.1, 0.15) is 75.3 Å². The van der Waals surface area contributed by atoms with Gasteiger partial charge in [-0.25, -0.2) is 0 Å². The van der Waals surface area contributed by atoms with Crippen molar-refractivity contribution in [2.24, 2.45) is 5.92 Å². The van der Waals surface area contributed by atoms with Crippen molar-refractivity contribution >= 4 is 0 Å². The second-order valence-electron chi connectivity index (χ2n) is 6.41. The average molecular weight is 304 g/mol. The molecule has 1 aliphatic rings. The molecule has 0 aromatic heterocycles. The van der Waals surface area contributed by atoms with E-state index in [1.54, 1.807) is 0 Å². The van der Waals surface area contributed by atoms with Crippen LogP contribution in [0.5, 0.6) is 0 Å². The normalized spacial score (nSPS) is 21.5. The van der Waals surface area contributed by atoms with E-state index in [0.717, 1.165) is 5.92 Å². The van der Waals surface area contributed by atoms with Gasteiger partial charge in [0.15, 0.2) is 0 Å². The number of unbranched alkanes of at least 4 members (excludes halogenated alkanes) is 2. The minimum absolute atomic E-state index is 0.638. The first-order valence-electron chi connectivity index (χ1n) is 8.58. The molecule has 0 spiro atoms. The smallest absolute Gasteiger partial charge is 0.196 e. The lowest BCUT2D eigenvalue weighted by atomic mass is 9.77. The Morgan fingerprint density at radius 3 is 2.32 bits per heavy atom. The van der Waals surface area contributed by atoms with Gasteiger partial charge in [-0.3, -0.25) is 0 Å². The fraction of sp³-hybridized carbons (Fsp3) is 0.600. The van der Waals surface area contributed by atoms with Crippen molar-refractivity contribution in [2.75, 3.05) is 0 Å². The van der Waals surface area contributed by atoms with Crippen LogP contribution >= 0.6 is 0 Å². The average Bonchev–Trinajstić information content (AvgIpc) is 2.54. The van der Waals surface area contributed by atoms with Crippen molar-refractivity contribution in [3.05, 3.63) is 35.4 Å². The highest BCUT2D eigenvalue weighted by Crippen LogP contribution is 2.37. The van der Waals surface area contributed by atoms with Crippen LogP contribution in [0.4, 0.5) is 8.78 Å². The molecule has 0 N–H and O–H groups in total. The van der Waals surface area contributed by atoms with Crippen LogP contribution < -0.4 is 0 Å². The van der Waals surface area contributed by atoms with Gasteiger partial charge >= 0.3 is 0 Å². The molecule has 2 heteroatoms. The van der Waals surface area contributed by atoms with Gasteiger partial charge in [0, 0.05) is 5.56 Å². The molecule has 1 fully saturated rings. The van der Waals surface area contributed by atoms with Crippen molar-refractivity contribution in [3.8, 4) is 11.8 Å². The molecule has 0 unspecified atom stereocenters. The van der Waals surface area contributed by atoms with Gasteiger partial charge in [0.25, 0.3) is 6.43 Å². The summed E-state index contributed by atoms with van der Waals surface area (Å²) in [4.78, 5) is 0. The Morgan fingerprint density at radius 2 is 1.73 bits per heavy atom. The predicted octanol–water partition coefficient (Wildman–Crippen LogP) is 6.16. The van der Waals surface area contributed by atoms with Gasteiger partial charge in [-0.2, -0.15) is 8.78 Å². The largest absolute Gasteiger partial charge is 0.299 e. The third kappa shape index (κ3) is 5.44. The van der Waals surface area contributed by atoms with Gasteiger partial charge in [-0.05, 0) is 61.1 Å². The molecule has 0 heterocycles. The van der Waals surface area contributed by atoms with Gasteiger partial charge in [0.1, 0.15) is 0 Å². The van der Waals surface area contributed by atoms with Gasteiger partial charge in [0.2, 0.25) is 0 Å². The first-order chi connectivity index (χ1) is 10.7. The second-order valence-corrected chi connectivity index (χ2v) is 6.41. The minimum Gasteiger partial charge on any atom is -0.196 e. The zero-order valence-corrected chi connectivity index (χ0v) is 13.5. The fourth-order valence-corrected chi connectivity index (χ4v) is 3.44. The SMILES string of the molecule is CCCCC[C@H]1CC[C@H](c2ccc(C#CC(F)F)cc2)CC1. The molecule has 2 rings (SSSR count). The standard InChI is InChI=1S/C20H26F2/c1-2-3-4-5-16-6-11-18(12-7-16)19-13-8-17(9-14-19)10-15-20(21)22/h8-9,13-14,16,18,20H,2-7,11-12H2,1H3/t16-,18-. The van der Waals surface area contributed by atoms with Gasteiger partial charge in [0.05, 0.1) is 0 Å². The summed E-state index contributed by atoms with van der Waals surface area (Å²) >= 11 is 0. The van der Waals surface area contributed by atoms with Crippen LogP contribution in [0.25, 0.3) is 0 Å². The minimum atomic E-state index is -2.55. The Kier molecular flexibility index (Phi) is 6.90. The molecular formula is C20H26F2. The Hall–Kier alpha value is -1.36. The van der Waals surface area contributed by atoms with E-state index in [9.17, 15) is 8.78 Å². The van der Waals surface area contributed by atoms with Crippen LogP contribution in [-0.2, 0) is 0 Å². The predicted molar refractivity (Wildman–Crippen MR) is 88.2 cm³/mol. The molecule has 1 saturated carbocycles. The number of hydrogen-bond acceptors (Lipinski definition) is 0. The summed E-state index contributed by atoms with van der Waals surface area (Å²) in [7, 11) is 0. The van der Waals surface area contributed by atoms with Crippen molar-refractivity contribution < 1.29 is 8.78 Å². The molecule has 0 amide bonds. The Labute approximate surface area is 133 Å². The van der Waals surface area contributed by atoms with E-state index in [-0.39, 0.29) is 0 Å². The van der Waals surface area contributed by atoms with E-state index in [1.807, 2.05) is 18.1 Å². The number of rotatable bonds is 5. The Bertz CT molecular complexity index is 485. The molecule has 0 nitrogen and oxygen atoms in total. The number of benzene rings is 1. The molecule has 1 aromatic carbocycles. The summed E-state index contributed by atoms with van der Waals surface area (Å²) in [5.41, 5.74) is 2.02. The number of hydrogen-bond donors (Lipinski definition) is 0. The van der Waals surface area contributed by atoms with Crippen LogP contribution in [0.15, 0.2) is 24.3 Å². The van der Waals surface area contributed by atoms with Crippen molar-refractivity contribution in [2.45, 2.75) is 70.6 Å². The highest BCUT2D eigenvalue weighted by atomic mass is 19.3. The highest BCUT2D eigenvalue weighted by Gasteiger charge is 2.21. The monoisotopic (exact) mass is 304 g/mol. The van der Waals surface area contributed by atoms with Crippen molar-refractivity contribution in [1.82, 2.24) is 0 Å². The first kappa shape index (κ1) is 17.0. The van der Waals surface area contributed by atoms with E-state index in [2.05, 4.69) is 25.0 Å². The van der Waals surface area contributed by atoms with Gasteiger partial charge in [-0.15, -0.1) is 0 Å². The zero-order valence-electron chi connectivity index (χ0n) is 13.5. The summed E-state index contributed by atoms with van der Waals surface area (Å²) in [5.74, 6) is 5.97. The molecule has 0 aliphatic heterocycles. The summed E-state index contributed by atoms with van der Waals surface area (Å²) < 4.78 is 24.1. The fourth-order valence-electron chi connectivity index (χ4n) is 3.44. The van der Waals surface area contributed by atoms with Gasteiger partial charge in [-0.1, -0.05) is 50.7 Å². The summed E-state index contributed by atoms with van der Waals surface area (Å²) in [6.07, 6.45) is 8.08. The van der Waals surface area contributed by atoms with E-state index in [0.29, 0.717) is 11.5 Å². The molecule has 0 saturated heterocycles. The third-order valence-corrected chi connectivity index (χ3v) is 4.77. The summed E-state index contributed by atoms with van der Waals surface area (Å²) in [5, 5.41) is 0. The molecule has 0 atom stereocenters. The number of alkyl halides is 2. The zero-order chi connectivity index (χ0) is 15.8. The molecule has 0 radical (unpaired) electrons. The maximum Gasteiger partial charge on any atom is 0.299 e. The molecule has 1 aromatic rings. The van der Waals surface area contributed by atoms with Crippen LogP contribution in [0.3, 0.4) is 0 Å². The maximum absolute atomic E-state index is 12.1. The molecular weight excluding hydrogens is 278 g/mol. The van der Waals surface area contributed by atoms with Crippen molar-refractivity contribution in [1.29, 1.82) is 0 Å². The van der Waals surface area contributed by atoms with Gasteiger partial charge < -0.3 is 0 Å². The lowest BCUT2D eigenvalue weighted by Gasteiger charge is -2.29. The molecule has 0 bridgehead atoms. The maximum atomic E-state index is 12.1. The third-order valence-electron chi connectivity index (χ3n) is 4.77. The quantitative estimate of drug-likeness (QED) is 0.451. The lowest BCUT2D eigenvalue weighted by Crippen LogP contribution is -2.13. The van der Waals surface area contributed by atoms with Crippen molar-refractivity contribution in [3.63, 3.8) is 0 Å². The molecule has 1 aliphatic carbocycles. The second kappa shape index (κ2) is 8.93. The molecule has 120 valence electrons.